The fourth-order valence-corrected chi connectivity index (χ4v) is 1.76. The van der Waals surface area contributed by atoms with Crippen molar-refractivity contribution < 1.29 is 0 Å². The SMILES string of the molecule is N#Cc1ccccc1-c1cnc2[nH]ccc2n1. The third-order valence-electron chi connectivity index (χ3n) is 2.58. The topological polar surface area (TPSA) is 65.4 Å². The molecule has 0 saturated heterocycles. The lowest BCUT2D eigenvalue weighted by Crippen LogP contribution is -1.89. The van der Waals surface area contributed by atoms with Gasteiger partial charge in [-0.05, 0) is 12.1 Å². The van der Waals surface area contributed by atoms with Gasteiger partial charge in [-0.25, -0.2) is 9.97 Å². The second-order valence-corrected chi connectivity index (χ2v) is 3.62. The van der Waals surface area contributed by atoms with Gasteiger partial charge in [0.15, 0.2) is 5.65 Å². The monoisotopic (exact) mass is 220 g/mol. The summed E-state index contributed by atoms with van der Waals surface area (Å²) in [5.74, 6) is 0. The van der Waals surface area contributed by atoms with Crippen LogP contribution in [0.25, 0.3) is 22.4 Å². The van der Waals surface area contributed by atoms with Crippen LogP contribution in [0.15, 0.2) is 42.7 Å². The molecule has 1 N–H and O–H groups in total. The number of H-pyrrole nitrogens is 1. The van der Waals surface area contributed by atoms with Crippen molar-refractivity contribution in [2.75, 3.05) is 0 Å². The average Bonchev–Trinajstić information content (AvgIpc) is 2.85. The van der Waals surface area contributed by atoms with Crippen LogP contribution in [0.4, 0.5) is 0 Å². The Labute approximate surface area is 97.6 Å². The Hall–Kier alpha value is -2.67. The molecule has 0 aliphatic carbocycles. The van der Waals surface area contributed by atoms with E-state index < -0.39 is 0 Å². The van der Waals surface area contributed by atoms with E-state index in [-0.39, 0.29) is 0 Å². The van der Waals surface area contributed by atoms with Gasteiger partial charge in [0.05, 0.1) is 23.5 Å². The third kappa shape index (κ3) is 1.54. The summed E-state index contributed by atoms with van der Waals surface area (Å²) in [6, 6.07) is 11.4. The number of nitriles is 1. The molecule has 0 unspecified atom stereocenters. The van der Waals surface area contributed by atoms with E-state index in [9.17, 15) is 0 Å². The van der Waals surface area contributed by atoms with E-state index in [0.29, 0.717) is 11.3 Å². The predicted molar refractivity (Wildman–Crippen MR) is 64.0 cm³/mol. The smallest absolute Gasteiger partial charge is 0.156 e. The fraction of sp³-hybridized carbons (Fsp3) is 0. The molecule has 0 bridgehead atoms. The molecular weight excluding hydrogens is 212 g/mol. The summed E-state index contributed by atoms with van der Waals surface area (Å²) >= 11 is 0. The van der Waals surface area contributed by atoms with Crippen LogP contribution in [0.5, 0.6) is 0 Å². The van der Waals surface area contributed by atoms with E-state index in [2.05, 4.69) is 21.0 Å². The number of nitrogens with zero attached hydrogens (tertiary/aromatic N) is 3. The van der Waals surface area contributed by atoms with E-state index in [1.165, 1.54) is 0 Å². The lowest BCUT2D eigenvalue weighted by molar-refractivity contribution is 1.26. The zero-order valence-electron chi connectivity index (χ0n) is 8.88. The summed E-state index contributed by atoms with van der Waals surface area (Å²) in [6.45, 7) is 0. The molecule has 0 atom stereocenters. The fourth-order valence-electron chi connectivity index (χ4n) is 1.76. The minimum absolute atomic E-state index is 0.608. The van der Waals surface area contributed by atoms with Crippen molar-refractivity contribution in [1.29, 1.82) is 5.26 Å². The molecule has 0 spiro atoms. The maximum Gasteiger partial charge on any atom is 0.156 e. The Morgan fingerprint density at radius 1 is 1.18 bits per heavy atom. The van der Waals surface area contributed by atoms with Crippen molar-refractivity contribution in [3.8, 4) is 17.3 Å². The molecule has 1 aromatic carbocycles. The summed E-state index contributed by atoms with van der Waals surface area (Å²) < 4.78 is 0. The molecule has 2 aromatic heterocycles. The van der Waals surface area contributed by atoms with Gasteiger partial charge in [-0.1, -0.05) is 18.2 Å². The molecule has 4 heteroatoms. The number of aromatic nitrogens is 3. The van der Waals surface area contributed by atoms with Gasteiger partial charge in [-0.2, -0.15) is 5.26 Å². The highest BCUT2D eigenvalue weighted by molar-refractivity contribution is 5.75. The zero-order valence-corrected chi connectivity index (χ0v) is 8.88. The number of hydrogen-bond donors (Lipinski definition) is 1. The van der Waals surface area contributed by atoms with Crippen molar-refractivity contribution in [2.45, 2.75) is 0 Å². The minimum atomic E-state index is 0.608. The van der Waals surface area contributed by atoms with E-state index in [1.54, 1.807) is 18.5 Å². The van der Waals surface area contributed by atoms with Crippen LogP contribution in [0.3, 0.4) is 0 Å². The number of hydrogen-bond acceptors (Lipinski definition) is 3. The first-order valence-electron chi connectivity index (χ1n) is 5.18. The lowest BCUT2D eigenvalue weighted by Gasteiger charge is -2.02. The molecule has 4 nitrogen and oxygen atoms in total. The van der Waals surface area contributed by atoms with Gasteiger partial charge in [-0.3, -0.25) is 0 Å². The van der Waals surface area contributed by atoms with Crippen LogP contribution in [-0.4, -0.2) is 15.0 Å². The van der Waals surface area contributed by atoms with E-state index in [4.69, 9.17) is 5.26 Å². The van der Waals surface area contributed by atoms with Crippen molar-refractivity contribution in [3.63, 3.8) is 0 Å². The lowest BCUT2D eigenvalue weighted by atomic mass is 10.1. The molecule has 0 aliphatic rings. The largest absolute Gasteiger partial charge is 0.345 e. The molecule has 0 saturated carbocycles. The highest BCUT2D eigenvalue weighted by Gasteiger charge is 2.07. The van der Waals surface area contributed by atoms with Gasteiger partial charge in [0.1, 0.15) is 5.52 Å². The molecule has 0 fully saturated rings. The zero-order chi connectivity index (χ0) is 11.7. The van der Waals surface area contributed by atoms with Crippen molar-refractivity contribution in [3.05, 3.63) is 48.3 Å². The van der Waals surface area contributed by atoms with Crippen molar-refractivity contribution >= 4 is 11.2 Å². The van der Waals surface area contributed by atoms with Crippen LogP contribution in [-0.2, 0) is 0 Å². The summed E-state index contributed by atoms with van der Waals surface area (Å²) in [6.07, 6.45) is 3.47. The minimum Gasteiger partial charge on any atom is -0.345 e. The maximum absolute atomic E-state index is 9.05. The van der Waals surface area contributed by atoms with Crippen LogP contribution < -0.4 is 0 Å². The molecule has 17 heavy (non-hydrogen) atoms. The first kappa shape index (κ1) is 9.55. The highest BCUT2D eigenvalue weighted by atomic mass is 14.9. The van der Waals surface area contributed by atoms with E-state index in [1.807, 2.05) is 24.3 Å². The standard InChI is InChI=1S/C13H8N4/c14-7-9-3-1-2-4-10(9)12-8-16-13-11(17-12)5-6-15-13/h1-6,8H,(H,15,16). The molecule has 2 heterocycles. The van der Waals surface area contributed by atoms with Crippen LogP contribution in [0.2, 0.25) is 0 Å². The number of fused-ring (bicyclic) bond motifs is 1. The Kier molecular flexibility index (Phi) is 2.09. The summed E-state index contributed by atoms with van der Waals surface area (Å²) in [4.78, 5) is 11.7. The van der Waals surface area contributed by atoms with Gasteiger partial charge in [0.25, 0.3) is 0 Å². The molecule has 0 amide bonds. The average molecular weight is 220 g/mol. The Bertz CT molecular complexity index is 721. The number of rotatable bonds is 1. The first-order valence-corrected chi connectivity index (χ1v) is 5.18. The number of nitrogens with one attached hydrogen (secondary N) is 1. The molecule has 80 valence electrons. The van der Waals surface area contributed by atoms with Crippen molar-refractivity contribution in [2.24, 2.45) is 0 Å². The number of aromatic amines is 1. The number of benzene rings is 1. The molecule has 0 aliphatic heterocycles. The van der Waals surface area contributed by atoms with Gasteiger partial charge in [-0.15, -0.1) is 0 Å². The molecule has 3 aromatic rings. The van der Waals surface area contributed by atoms with Crippen LogP contribution in [0, 0.1) is 11.3 Å². The van der Waals surface area contributed by atoms with E-state index in [0.717, 1.165) is 16.7 Å². The predicted octanol–water partition coefficient (Wildman–Crippen LogP) is 2.50. The maximum atomic E-state index is 9.05. The van der Waals surface area contributed by atoms with Gasteiger partial charge in [0, 0.05) is 11.8 Å². The van der Waals surface area contributed by atoms with Gasteiger partial charge in [0.2, 0.25) is 0 Å². The second-order valence-electron chi connectivity index (χ2n) is 3.62. The third-order valence-corrected chi connectivity index (χ3v) is 2.58. The summed E-state index contributed by atoms with van der Waals surface area (Å²) in [5, 5.41) is 9.05. The molecular formula is C13H8N4. The van der Waals surface area contributed by atoms with Crippen molar-refractivity contribution in [1.82, 2.24) is 15.0 Å². The van der Waals surface area contributed by atoms with Gasteiger partial charge >= 0.3 is 0 Å². The Morgan fingerprint density at radius 2 is 2.06 bits per heavy atom. The second kappa shape index (κ2) is 3.72. The summed E-state index contributed by atoms with van der Waals surface area (Å²) in [7, 11) is 0. The first-order chi connectivity index (χ1) is 8.38. The van der Waals surface area contributed by atoms with Gasteiger partial charge < -0.3 is 4.98 Å². The quantitative estimate of drug-likeness (QED) is 0.685. The van der Waals surface area contributed by atoms with Crippen LogP contribution in [0.1, 0.15) is 5.56 Å². The Balaban J connectivity index is 2.23. The Morgan fingerprint density at radius 3 is 2.94 bits per heavy atom. The van der Waals surface area contributed by atoms with E-state index >= 15 is 0 Å². The highest BCUT2D eigenvalue weighted by Crippen LogP contribution is 2.21. The van der Waals surface area contributed by atoms with Crippen LogP contribution >= 0.6 is 0 Å². The molecule has 0 radical (unpaired) electrons. The molecule has 3 rings (SSSR count). The normalized spacial score (nSPS) is 10.3. The summed E-state index contributed by atoms with van der Waals surface area (Å²) in [5.41, 5.74) is 3.69.